The van der Waals surface area contributed by atoms with Crippen molar-refractivity contribution in [3.8, 4) is 0 Å². The second-order valence-electron chi connectivity index (χ2n) is 3.66. The van der Waals surface area contributed by atoms with Crippen LogP contribution in [0, 0.1) is 0 Å². The second-order valence-corrected chi connectivity index (χ2v) is 3.66. The largest absolute Gasteiger partial charge is 0.463 e. The number of rotatable bonds is 6. The number of benzene rings is 1. The SMILES string of the molecule is CCOC(=O)/C=C/[C@H](N=[N+]=[N-])[C@H](O)c1ccccc1. The zero-order chi connectivity index (χ0) is 14.1. The molecule has 6 nitrogen and oxygen atoms in total. The quantitative estimate of drug-likeness (QED) is 0.280. The zero-order valence-corrected chi connectivity index (χ0v) is 10.5. The number of hydrogen-bond donors (Lipinski definition) is 1. The third-order valence-electron chi connectivity index (χ3n) is 2.37. The van der Waals surface area contributed by atoms with E-state index in [2.05, 4.69) is 10.0 Å². The third-order valence-corrected chi connectivity index (χ3v) is 2.37. The molecule has 0 heterocycles. The van der Waals surface area contributed by atoms with E-state index in [4.69, 9.17) is 10.3 Å². The van der Waals surface area contributed by atoms with Gasteiger partial charge < -0.3 is 9.84 Å². The first kappa shape index (κ1) is 14.8. The molecule has 19 heavy (non-hydrogen) atoms. The highest BCUT2D eigenvalue weighted by atomic mass is 16.5. The van der Waals surface area contributed by atoms with Gasteiger partial charge in [0.2, 0.25) is 0 Å². The summed E-state index contributed by atoms with van der Waals surface area (Å²) in [5, 5.41) is 13.6. The number of carbonyl (C=O) groups is 1. The van der Waals surface area contributed by atoms with Gasteiger partial charge in [-0.15, -0.1) is 0 Å². The summed E-state index contributed by atoms with van der Waals surface area (Å²) < 4.78 is 4.71. The number of aliphatic hydroxyl groups excluding tert-OH is 1. The van der Waals surface area contributed by atoms with Gasteiger partial charge in [-0.25, -0.2) is 4.79 Å². The maximum atomic E-state index is 11.2. The maximum Gasteiger partial charge on any atom is 0.330 e. The van der Waals surface area contributed by atoms with Crippen molar-refractivity contribution in [3.05, 3.63) is 58.5 Å². The fraction of sp³-hybridized carbons (Fsp3) is 0.308. The molecule has 0 fully saturated rings. The van der Waals surface area contributed by atoms with E-state index in [0.717, 1.165) is 6.08 Å². The number of hydrogen-bond acceptors (Lipinski definition) is 4. The minimum Gasteiger partial charge on any atom is -0.463 e. The molecule has 0 aromatic heterocycles. The van der Waals surface area contributed by atoms with Gasteiger partial charge in [-0.3, -0.25) is 0 Å². The first-order valence-corrected chi connectivity index (χ1v) is 5.81. The van der Waals surface area contributed by atoms with Crippen LogP contribution in [0.5, 0.6) is 0 Å². The molecular weight excluding hydrogens is 246 g/mol. The summed E-state index contributed by atoms with van der Waals surface area (Å²) >= 11 is 0. The molecule has 6 heteroatoms. The molecule has 2 atom stereocenters. The molecule has 0 aliphatic rings. The molecular formula is C13H15N3O3. The molecule has 1 aromatic rings. The Morgan fingerprint density at radius 2 is 2.21 bits per heavy atom. The molecule has 0 amide bonds. The molecule has 1 aromatic carbocycles. The average molecular weight is 261 g/mol. The monoisotopic (exact) mass is 261 g/mol. The Labute approximate surface area is 110 Å². The van der Waals surface area contributed by atoms with Crippen LogP contribution in [0.25, 0.3) is 10.4 Å². The predicted octanol–water partition coefficient (Wildman–Crippen LogP) is 2.52. The summed E-state index contributed by atoms with van der Waals surface area (Å²) in [4.78, 5) is 13.9. The van der Waals surface area contributed by atoms with Gasteiger partial charge >= 0.3 is 5.97 Å². The molecule has 1 N–H and O–H groups in total. The number of aliphatic hydroxyl groups is 1. The van der Waals surface area contributed by atoms with E-state index in [-0.39, 0.29) is 6.61 Å². The highest BCUT2D eigenvalue weighted by Crippen LogP contribution is 2.20. The minimum absolute atomic E-state index is 0.261. The summed E-state index contributed by atoms with van der Waals surface area (Å²) in [6.07, 6.45) is 1.47. The highest BCUT2D eigenvalue weighted by Gasteiger charge is 2.17. The van der Waals surface area contributed by atoms with Gasteiger partial charge in [0, 0.05) is 11.0 Å². The molecule has 0 unspecified atom stereocenters. The smallest absolute Gasteiger partial charge is 0.330 e. The van der Waals surface area contributed by atoms with E-state index in [0.29, 0.717) is 5.56 Å². The third kappa shape index (κ3) is 4.83. The van der Waals surface area contributed by atoms with Gasteiger partial charge in [-0.1, -0.05) is 41.5 Å². The highest BCUT2D eigenvalue weighted by molar-refractivity contribution is 5.82. The Morgan fingerprint density at radius 1 is 1.53 bits per heavy atom. The fourth-order valence-electron chi connectivity index (χ4n) is 1.48. The lowest BCUT2D eigenvalue weighted by Crippen LogP contribution is -2.14. The summed E-state index contributed by atoms with van der Waals surface area (Å²) in [6, 6.07) is 7.90. The molecule has 0 aliphatic carbocycles. The standard InChI is InChI=1S/C13H15N3O3/c1-2-19-12(17)9-8-11(15-16-14)13(18)10-6-4-3-5-7-10/h3-9,11,13,18H,2H2,1H3/b9-8+/t11-,13+/m0/s1. The number of esters is 1. The molecule has 0 bridgehead atoms. The molecule has 0 aliphatic heterocycles. The number of carbonyl (C=O) groups excluding carboxylic acids is 1. The van der Waals surface area contributed by atoms with Gasteiger partial charge in [-0.2, -0.15) is 0 Å². The summed E-state index contributed by atoms with van der Waals surface area (Å²) in [5.41, 5.74) is 9.10. The van der Waals surface area contributed by atoms with Crippen molar-refractivity contribution in [1.82, 2.24) is 0 Å². The van der Waals surface area contributed by atoms with Crippen LogP contribution in [0.4, 0.5) is 0 Å². The van der Waals surface area contributed by atoms with Crippen LogP contribution in [0.2, 0.25) is 0 Å². The van der Waals surface area contributed by atoms with Crippen LogP contribution >= 0.6 is 0 Å². The maximum absolute atomic E-state index is 11.2. The number of nitrogens with zero attached hydrogens (tertiary/aromatic N) is 3. The molecule has 0 saturated carbocycles. The van der Waals surface area contributed by atoms with E-state index in [1.807, 2.05) is 6.07 Å². The Bertz CT molecular complexity index is 481. The second kappa shape index (κ2) is 7.92. The van der Waals surface area contributed by atoms with E-state index in [1.165, 1.54) is 6.08 Å². The van der Waals surface area contributed by atoms with Crippen LogP contribution in [-0.4, -0.2) is 23.7 Å². The average Bonchev–Trinajstić information content (AvgIpc) is 2.44. The minimum atomic E-state index is -1.01. The Balaban J connectivity index is 2.83. The van der Waals surface area contributed by atoms with Crippen molar-refractivity contribution < 1.29 is 14.6 Å². The van der Waals surface area contributed by atoms with Crippen molar-refractivity contribution in [1.29, 1.82) is 0 Å². The van der Waals surface area contributed by atoms with E-state index in [1.54, 1.807) is 31.2 Å². The van der Waals surface area contributed by atoms with Crippen LogP contribution < -0.4 is 0 Å². The van der Waals surface area contributed by atoms with Crippen molar-refractivity contribution in [2.75, 3.05) is 6.61 Å². The molecule has 0 radical (unpaired) electrons. The van der Waals surface area contributed by atoms with Crippen molar-refractivity contribution in [2.45, 2.75) is 19.1 Å². The first-order chi connectivity index (χ1) is 9.19. The molecule has 0 spiro atoms. The summed E-state index contributed by atoms with van der Waals surface area (Å²) in [5.74, 6) is -0.541. The number of azide groups is 1. The van der Waals surface area contributed by atoms with Crippen LogP contribution in [0.3, 0.4) is 0 Å². The summed E-state index contributed by atoms with van der Waals surface area (Å²) in [6.45, 7) is 1.95. The van der Waals surface area contributed by atoms with Crippen molar-refractivity contribution in [2.24, 2.45) is 5.11 Å². The Hall–Kier alpha value is -2.30. The van der Waals surface area contributed by atoms with Gasteiger partial charge in [0.1, 0.15) is 0 Å². The molecule has 100 valence electrons. The Morgan fingerprint density at radius 3 is 2.79 bits per heavy atom. The van der Waals surface area contributed by atoms with Gasteiger partial charge in [-0.05, 0) is 18.0 Å². The Kier molecular flexibility index (Phi) is 6.15. The first-order valence-electron chi connectivity index (χ1n) is 5.81. The topological polar surface area (TPSA) is 95.3 Å². The van der Waals surface area contributed by atoms with Crippen LogP contribution in [0.15, 0.2) is 47.6 Å². The van der Waals surface area contributed by atoms with Crippen LogP contribution in [-0.2, 0) is 9.53 Å². The lowest BCUT2D eigenvalue weighted by molar-refractivity contribution is -0.137. The van der Waals surface area contributed by atoms with Crippen molar-refractivity contribution >= 4 is 5.97 Å². The lowest BCUT2D eigenvalue weighted by atomic mass is 10.0. The predicted molar refractivity (Wildman–Crippen MR) is 70.1 cm³/mol. The van der Waals surface area contributed by atoms with E-state index < -0.39 is 18.1 Å². The lowest BCUT2D eigenvalue weighted by Gasteiger charge is -2.15. The van der Waals surface area contributed by atoms with Gasteiger partial charge in [0.25, 0.3) is 0 Å². The fourth-order valence-corrected chi connectivity index (χ4v) is 1.48. The van der Waals surface area contributed by atoms with Gasteiger partial charge in [0.05, 0.1) is 18.8 Å². The normalized spacial score (nSPS) is 13.6. The van der Waals surface area contributed by atoms with Gasteiger partial charge in [0.15, 0.2) is 0 Å². The summed E-state index contributed by atoms with van der Waals surface area (Å²) in [7, 11) is 0. The molecule has 1 rings (SSSR count). The van der Waals surface area contributed by atoms with Crippen LogP contribution in [0.1, 0.15) is 18.6 Å². The van der Waals surface area contributed by atoms with Crippen molar-refractivity contribution in [3.63, 3.8) is 0 Å². The zero-order valence-electron chi connectivity index (χ0n) is 10.5. The van der Waals surface area contributed by atoms with E-state index in [9.17, 15) is 9.90 Å². The number of ether oxygens (including phenoxy) is 1. The van der Waals surface area contributed by atoms with E-state index >= 15 is 0 Å². The molecule has 0 saturated heterocycles.